The third-order valence-electron chi connectivity index (χ3n) is 6.31. The number of ether oxygens (including phenoxy) is 1. The van der Waals surface area contributed by atoms with Crippen molar-refractivity contribution in [2.24, 2.45) is 0 Å². The van der Waals surface area contributed by atoms with E-state index in [9.17, 15) is 10.1 Å². The fourth-order valence-electron chi connectivity index (χ4n) is 4.11. The quantitative estimate of drug-likeness (QED) is 0.219. The number of amides is 1. The van der Waals surface area contributed by atoms with E-state index in [-0.39, 0.29) is 5.91 Å². The van der Waals surface area contributed by atoms with Crippen molar-refractivity contribution in [1.29, 1.82) is 5.26 Å². The van der Waals surface area contributed by atoms with Crippen molar-refractivity contribution >= 4 is 49.8 Å². The van der Waals surface area contributed by atoms with E-state index in [1.54, 1.807) is 12.4 Å². The number of fused-ring (bicyclic) bond motifs is 1. The monoisotopic (exact) mass is 586 g/mol. The van der Waals surface area contributed by atoms with Crippen LogP contribution in [0.25, 0.3) is 10.9 Å². The number of aromatic nitrogens is 2. The number of carbonyl (C=O) groups is 1. The second kappa shape index (κ2) is 12.7. The molecule has 1 amide bonds. The number of carbonyl (C=O) groups excluding carboxylic acids is 1. The molecule has 0 aliphatic carbocycles. The predicted octanol–water partition coefficient (Wildman–Crippen LogP) is 6.48. The summed E-state index contributed by atoms with van der Waals surface area (Å²) in [5.41, 5.74) is 6.05. The first-order chi connectivity index (χ1) is 18.7. The minimum Gasteiger partial charge on any atom is -0.487 e. The maximum absolute atomic E-state index is 12.6. The molecule has 0 spiro atoms. The molecule has 0 aliphatic rings. The number of hydrogen-bond donors (Lipinski definition) is 2. The van der Waals surface area contributed by atoms with Crippen LogP contribution in [0.2, 0.25) is 0 Å². The van der Waals surface area contributed by atoms with Crippen LogP contribution in [0.3, 0.4) is 0 Å². The molecule has 2 aromatic carbocycles. The highest BCUT2D eigenvalue weighted by Gasteiger charge is 2.15. The van der Waals surface area contributed by atoms with E-state index in [1.165, 1.54) is 0 Å². The number of aryl methyl sites for hydroxylation is 2. The van der Waals surface area contributed by atoms with Gasteiger partial charge < -0.3 is 20.3 Å². The van der Waals surface area contributed by atoms with Gasteiger partial charge in [-0.25, -0.2) is 0 Å². The number of nitrogens with zero attached hydrogens (tertiary/aromatic N) is 4. The van der Waals surface area contributed by atoms with Gasteiger partial charge in [0.25, 0.3) is 0 Å². The average Bonchev–Trinajstić information content (AvgIpc) is 2.90. The number of benzene rings is 2. The first-order valence-corrected chi connectivity index (χ1v) is 13.4. The van der Waals surface area contributed by atoms with E-state index >= 15 is 0 Å². The van der Waals surface area contributed by atoms with Crippen LogP contribution in [0, 0.1) is 25.2 Å². The van der Waals surface area contributed by atoms with Crippen molar-refractivity contribution < 1.29 is 9.53 Å². The molecule has 0 saturated heterocycles. The molecular formula is C30H31BrN6O2. The van der Waals surface area contributed by atoms with E-state index in [0.29, 0.717) is 35.7 Å². The molecule has 0 bridgehead atoms. The van der Waals surface area contributed by atoms with Crippen LogP contribution in [-0.2, 0) is 11.4 Å². The second-order valence-electron chi connectivity index (χ2n) is 9.62. The third-order valence-corrected chi connectivity index (χ3v) is 6.97. The number of anilines is 3. The molecule has 0 radical (unpaired) electrons. The van der Waals surface area contributed by atoms with Crippen LogP contribution in [0.1, 0.15) is 35.2 Å². The van der Waals surface area contributed by atoms with Gasteiger partial charge >= 0.3 is 0 Å². The van der Waals surface area contributed by atoms with Crippen molar-refractivity contribution in [2.45, 2.75) is 33.3 Å². The normalized spacial score (nSPS) is 10.9. The van der Waals surface area contributed by atoms with Crippen molar-refractivity contribution in [3.05, 3.63) is 81.7 Å². The molecule has 0 atom stereocenters. The summed E-state index contributed by atoms with van der Waals surface area (Å²) in [6.45, 7) is 5.14. The summed E-state index contributed by atoms with van der Waals surface area (Å²) >= 11 is 3.63. The van der Waals surface area contributed by atoms with Crippen molar-refractivity contribution in [1.82, 2.24) is 14.9 Å². The number of hydrogen-bond acceptors (Lipinski definition) is 7. The standard InChI is InChI=1S/C30H31BrN6O2/c1-19-7-5-11-33-28(19)18-39-22-9-10-25(24(31)14-22)36-30-21(16-32)17-34-27-13-20(2)26(15-23(27)30)35-29(38)8-6-12-37(3)4/h5,7,9-11,13-15,17H,6,8,12,18H2,1-4H3,(H,34,36)(H,35,38). The molecule has 9 heteroatoms. The summed E-state index contributed by atoms with van der Waals surface area (Å²) in [4.78, 5) is 23.5. The average molecular weight is 588 g/mol. The summed E-state index contributed by atoms with van der Waals surface area (Å²) in [7, 11) is 3.98. The summed E-state index contributed by atoms with van der Waals surface area (Å²) in [5.74, 6) is 0.643. The van der Waals surface area contributed by atoms with Crippen LogP contribution < -0.4 is 15.4 Å². The van der Waals surface area contributed by atoms with Crippen molar-refractivity contribution in [2.75, 3.05) is 31.3 Å². The number of nitrogens with one attached hydrogen (secondary N) is 2. The van der Waals surface area contributed by atoms with Crippen LogP contribution >= 0.6 is 15.9 Å². The molecule has 2 heterocycles. The summed E-state index contributed by atoms with van der Waals surface area (Å²) in [5, 5.41) is 17.0. The minimum absolute atomic E-state index is 0.0440. The molecule has 4 aromatic rings. The number of pyridine rings is 2. The lowest BCUT2D eigenvalue weighted by Crippen LogP contribution is -2.17. The van der Waals surface area contributed by atoms with E-state index in [1.807, 2.05) is 70.4 Å². The molecule has 0 unspecified atom stereocenters. The third kappa shape index (κ3) is 7.11. The van der Waals surface area contributed by atoms with Gasteiger partial charge in [0.1, 0.15) is 18.4 Å². The maximum atomic E-state index is 12.6. The Morgan fingerprint density at radius 1 is 1.10 bits per heavy atom. The highest BCUT2D eigenvalue weighted by atomic mass is 79.9. The smallest absolute Gasteiger partial charge is 0.224 e. The Balaban J connectivity index is 1.58. The molecular weight excluding hydrogens is 556 g/mol. The zero-order chi connectivity index (χ0) is 27.9. The number of nitriles is 1. The highest BCUT2D eigenvalue weighted by molar-refractivity contribution is 9.10. The fraction of sp³-hybridized carbons (Fsp3) is 0.267. The zero-order valence-corrected chi connectivity index (χ0v) is 24.1. The SMILES string of the molecule is Cc1cc2ncc(C#N)c(Nc3ccc(OCc4ncccc4C)cc3Br)c2cc1NC(=O)CCCN(C)C. The van der Waals surface area contributed by atoms with Crippen LogP contribution in [0.5, 0.6) is 5.75 Å². The number of halogens is 1. The predicted molar refractivity (Wildman–Crippen MR) is 158 cm³/mol. The van der Waals surface area contributed by atoms with E-state index in [4.69, 9.17) is 4.74 Å². The maximum Gasteiger partial charge on any atom is 0.224 e. The Kier molecular flexibility index (Phi) is 9.12. The van der Waals surface area contributed by atoms with Gasteiger partial charge in [-0.05, 0) is 104 Å². The molecule has 0 aliphatic heterocycles. The molecule has 8 nitrogen and oxygen atoms in total. The van der Waals surface area contributed by atoms with Gasteiger partial charge in [-0.15, -0.1) is 0 Å². The van der Waals surface area contributed by atoms with Gasteiger partial charge in [0.15, 0.2) is 0 Å². The van der Waals surface area contributed by atoms with Crippen molar-refractivity contribution in [3.8, 4) is 11.8 Å². The van der Waals surface area contributed by atoms with Gasteiger partial charge in [0, 0.05) is 34.4 Å². The topological polar surface area (TPSA) is 103 Å². The molecule has 39 heavy (non-hydrogen) atoms. The van der Waals surface area contributed by atoms with Crippen LogP contribution in [0.4, 0.5) is 17.1 Å². The first kappa shape index (κ1) is 28.0. The number of rotatable bonds is 10. The van der Waals surface area contributed by atoms with Gasteiger partial charge in [-0.2, -0.15) is 5.26 Å². The molecule has 0 saturated carbocycles. The van der Waals surface area contributed by atoms with E-state index in [2.05, 4.69) is 47.5 Å². The van der Waals surface area contributed by atoms with Crippen LogP contribution in [-0.4, -0.2) is 41.4 Å². The molecule has 2 aromatic heterocycles. The van der Waals surface area contributed by atoms with Crippen molar-refractivity contribution in [3.63, 3.8) is 0 Å². The molecule has 0 fully saturated rings. The first-order valence-electron chi connectivity index (χ1n) is 12.6. The Bertz CT molecular complexity index is 1550. The molecule has 2 N–H and O–H groups in total. The summed E-state index contributed by atoms with van der Waals surface area (Å²) in [6, 6.07) is 15.6. The van der Waals surface area contributed by atoms with Gasteiger partial charge in [-0.3, -0.25) is 14.8 Å². The molecule has 200 valence electrons. The lowest BCUT2D eigenvalue weighted by atomic mass is 10.0. The van der Waals surface area contributed by atoms with Gasteiger partial charge in [0.2, 0.25) is 5.91 Å². The zero-order valence-electron chi connectivity index (χ0n) is 22.5. The lowest BCUT2D eigenvalue weighted by molar-refractivity contribution is -0.116. The Hall–Kier alpha value is -4.00. The highest BCUT2D eigenvalue weighted by Crippen LogP contribution is 2.36. The largest absolute Gasteiger partial charge is 0.487 e. The van der Waals surface area contributed by atoms with E-state index in [0.717, 1.165) is 50.8 Å². The lowest BCUT2D eigenvalue weighted by Gasteiger charge is -2.16. The van der Waals surface area contributed by atoms with Gasteiger partial charge in [-0.1, -0.05) is 6.07 Å². The Morgan fingerprint density at radius 3 is 2.64 bits per heavy atom. The van der Waals surface area contributed by atoms with Crippen LogP contribution in [0.15, 0.2) is 59.3 Å². The summed E-state index contributed by atoms with van der Waals surface area (Å²) < 4.78 is 6.73. The summed E-state index contributed by atoms with van der Waals surface area (Å²) in [6.07, 6.45) is 4.51. The minimum atomic E-state index is -0.0440. The molecule has 4 rings (SSSR count). The Labute approximate surface area is 237 Å². The second-order valence-corrected chi connectivity index (χ2v) is 10.5. The van der Waals surface area contributed by atoms with E-state index < -0.39 is 0 Å². The fourth-order valence-corrected chi connectivity index (χ4v) is 4.57. The Morgan fingerprint density at radius 2 is 1.92 bits per heavy atom. The van der Waals surface area contributed by atoms with Gasteiger partial charge in [0.05, 0.1) is 28.1 Å².